The van der Waals surface area contributed by atoms with Gasteiger partial charge in [-0.3, -0.25) is 9.69 Å². The van der Waals surface area contributed by atoms with Gasteiger partial charge in [-0.05, 0) is 68.1 Å². The number of aryl methyl sites for hydroxylation is 3. The number of aromatic amines is 1. The van der Waals surface area contributed by atoms with Gasteiger partial charge in [-0.25, -0.2) is 0 Å². The highest BCUT2D eigenvalue weighted by Crippen LogP contribution is 2.52. The summed E-state index contributed by atoms with van der Waals surface area (Å²) >= 11 is 0. The number of nitrogens with one attached hydrogen (secondary N) is 1. The SMILES string of the molecule is Cc1cc(C)c2c(=O)c(CN3C[C@@]4(C)C[C@@H]3CC(C)(C)C4)c(C)[nH]c2c1. The Morgan fingerprint density at radius 2 is 1.88 bits per heavy atom. The van der Waals surface area contributed by atoms with Crippen LogP contribution in [0.5, 0.6) is 0 Å². The quantitative estimate of drug-likeness (QED) is 0.838. The van der Waals surface area contributed by atoms with Crippen molar-refractivity contribution < 1.29 is 0 Å². The van der Waals surface area contributed by atoms with Crippen LogP contribution in [0.4, 0.5) is 0 Å². The maximum atomic E-state index is 13.3. The van der Waals surface area contributed by atoms with Gasteiger partial charge >= 0.3 is 0 Å². The average molecular weight is 353 g/mol. The molecule has 26 heavy (non-hydrogen) atoms. The molecule has 1 saturated carbocycles. The van der Waals surface area contributed by atoms with Crippen LogP contribution in [0.25, 0.3) is 10.9 Å². The second-order valence-corrected chi connectivity index (χ2v) is 10.2. The maximum absolute atomic E-state index is 13.3. The van der Waals surface area contributed by atoms with Crippen LogP contribution in [0.1, 0.15) is 62.4 Å². The lowest BCUT2D eigenvalue weighted by Gasteiger charge is -2.40. The fraction of sp³-hybridized carbons (Fsp3) is 0.609. The summed E-state index contributed by atoms with van der Waals surface area (Å²) in [5, 5.41) is 0.866. The third kappa shape index (κ3) is 2.90. The first-order valence-electron chi connectivity index (χ1n) is 9.94. The summed E-state index contributed by atoms with van der Waals surface area (Å²) in [7, 11) is 0. The van der Waals surface area contributed by atoms with Crippen LogP contribution in [-0.2, 0) is 6.54 Å². The standard InChI is InChI=1S/C23H32N2O/c1-14-7-15(2)20-19(8-14)24-16(3)18(21(20)26)11-25-13-23(6)10-17(25)9-22(4,5)12-23/h7-8,17H,9-13H2,1-6H3,(H,24,26)/t17-,23-/m0/s1. The first-order chi connectivity index (χ1) is 12.1. The van der Waals surface area contributed by atoms with Crippen LogP contribution >= 0.6 is 0 Å². The molecule has 1 saturated heterocycles. The molecule has 0 amide bonds. The predicted octanol–water partition coefficient (Wildman–Crippen LogP) is 4.85. The Kier molecular flexibility index (Phi) is 3.89. The monoisotopic (exact) mass is 352 g/mol. The zero-order valence-corrected chi connectivity index (χ0v) is 17.1. The van der Waals surface area contributed by atoms with E-state index in [9.17, 15) is 4.79 Å². The Morgan fingerprint density at radius 3 is 2.62 bits per heavy atom. The highest BCUT2D eigenvalue weighted by atomic mass is 16.1. The fourth-order valence-corrected chi connectivity index (χ4v) is 6.12. The highest BCUT2D eigenvalue weighted by Gasteiger charge is 2.49. The Balaban J connectivity index is 1.74. The third-order valence-electron chi connectivity index (χ3n) is 6.64. The Hall–Kier alpha value is -1.61. The molecule has 1 aromatic carbocycles. The van der Waals surface area contributed by atoms with E-state index in [-0.39, 0.29) is 5.43 Å². The lowest BCUT2D eigenvalue weighted by molar-refractivity contribution is 0.126. The van der Waals surface area contributed by atoms with Crippen molar-refractivity contribution in [1.29, 1.82) is 0 Å². The van der Waals surface area contributed by atoms with Gasteiger partial charge in [0.1, 0.15) is 0 Å². The molecule has 1 aliphatic carbocycles. The molecule has 3 nitrogen and oxygen atoms in total. The average Bonchev–Trinajstić information content (AvgIpc) is 2.70. The molecule has 1 aromatic heterocycles. The second kappa shape index (κ2) is 5.69. The van der Waals surface area contributed by atoms with E-state index >= 15 is 0 Å². The van der Waals surface area contributed by atoms with Crippen molar-refractivity contribution in [3.8, 4) is 0 Å². The van der Waals surface area contributed by atoms with Gasteiger partial charge in [-0.15, -0.1) is 0 Å². The summed E-state index contributed by atoms with van der Waals surface area (Å²) in [5.74, 6) is 0. The first kappa shape index (κ1) is 17.8. The van der Waals surface area contributed by atoms with Crippen LogP contribution in [0, 0.1) is 31.6 Å². The summed E-state index contributed by atoms with van der Waals surface area (Å²) in [5.41, 5.74) is 6.26. The molecule has 2 aromatic rings. The molecule has 2 fully saturated rings. The molecule has 2 bridgehead atoms. The van der Waals surface area contributed by atoms with Gasteiger partial charge in [-0.1, -0.05) is 26.8 Å². The number of hydrogen-bond acceptors (Lipinski definition) is 2. The normalized spacial score (nSPS) is 28.0. The smallest absolute Gasteiger partial charge is 0.194 e. The van der Waals surface area contributed by atoms with Crippen molar-refractivity contribution in [1.82, 2.24) is 9.88 Å². The van der Waals surface area contributed by atoms with E-state index in [0.717, 1.165) is 40.8 Å². The molecular formula is C23H32N2O. The Labute approximate surface area is 156 Å². The predicted molar refractivity (Wildman–Crippen MR) is 109 cm³/mol. The number of fused-ring (bicyclic) bond motifs is 3. The number of H-pyrrole nitrogens is 1. The number of pyridine rings is 1. The fourth-order valence-electron chi connectivity index (χ4n) is 6.12. The number of aromatic nitrogens is 1. The van der Waals surface area contributed by atoms with E-state index in [0.29, 0.717) is 16.9 Å². The zero-order chi connectivity index (χ0) is 18.9. The minimum Gasteiger partial charge on any atom is -0.358 e. The summed E-state index contributed by atoms with van der Waals surface area (Å²) in [6, 6.07) is 4.81. The van der Waals surface area contributed by atoms with E-state index in [1.165, 1.54) is 24.8 Å². The summed E-state index contributed by atoms with van der Waals surface area (Å²) in [6.45, 7) is 15.3. The number of nitrogens with zero attached hydrogens (tertiary/aromatic N) is 1. The van der Waals surface area contributed by atoms with Crippen LogP contribution < -0.4 is 5.43 Å². The molecule has 140 valence electrons. The number of likely N-dealkylation sites (tertiary alicyclic amines) is 1. The van der Waals surface area contributed by atoms with E-state index in [1.54, 1.807) is 0 Å². The molecule has 1 N–H and O–H groups in total. The summed E-state index contributed by atoms with van der Waals surface area (Å²) in [6.07, 6.45) is 3.81. The van der Waals surface area contributed by atoms with Gasteiger partial charge in [-0.2, -0.15) is 0 Å². The molecule has 0 radical (unpaired) electrons. The van der Waals surface area contributed by atoms with E-state index in [1.807, 2.05) is 0 Å². The Morgan fingerprint density at radius 1 is 1.15 bits per heavy atom. The molecule has 3 heteroatoms. The number of hydrogen-bond donors (Lipinski definition) is 1. The second-order valence-electron chi connectivity index (χ2n) is 10.2. The van der Waals surface area contributed by atoms with Crippen molar-refractivity contribution in [2.45, 2.75) is 73.4 Å². The van der Waals surface area contributed by atoms with Crippen molar-refractivity contribution in [2.75, 3.05) is 6.54 Å². The van der Waals surface area contributed by atoms with Gasteiger partial charge in [0, 0.05) is 35.8 Å². The van der Waals surface area contributed by atoms with Crippen LogP contribution in [-0.4, -0.2) is 22.5 Å². The van der Waals surface area contributed by atoms with Gasteiger partial charge in [0.2, 0.25) is 0 Å². The molecule has 2 atom stereocenters. The molecule has 2 aliphatic rings. The molecular weight excluding hydrogens is 320 g/mol. The lowest BCUT2D eigenvalue weighted by atomic mass is 9.65. The van der Waals surface area contributed by atoms with Gasteiger partial charge in [0.25, 0.3) is 0 Å². The maximum Gasteiger partial charge on any atom is 0.194 e. The van der Waals surface area contributed by atoms with Crippen LogP contribution in [0.15, 0.2) is 16.9 Å². The van der Waals surface area contributed by atoms with E-state index in [2.05, 4.69) is 63.6 Å². The summed E-state index contributed by atoms with van der Waals surface area (Å²) < 4.78 is 0. The zero-order valence-electron chi connectivity index (χ0n) is 17.1. The minimum atomic E-state index is 0.222. The van der Waals surface area contributed by atoms with Crippen LogP contribution in [0.3, 0.4) is 0 Å². The van der Waals surface area contributed by atoms with E-state index in [4.69, 9.17) is 0 Å². The van der Waals surface area contributed by atoms with Crippen molar-refractivity contribution in [3.63, 3.8) is 0 Å². The lowest BCUT2D eigenvalue weighted by Crippen LogP contribution is -2.35. The van der Waals surface area contributed by atoms with Gasteiger partial charge < -0.3 is 4.98 Å². The number of benzene rings is 1. The number of rotatable bonds is 2. The van der Waals surface area contributed by atoms with Gasteiger partial charge in [0.15, 0.2) is 5.43 Å². The van der Waals surface area contributed by atoms with Crippen molar-refractivity contribution in [3.05, 3.63) is 44.7 Å². The largest absolute Gasteiger partial charge is 0.358 e. The van der Waals surface area contributed by atoms with Gasteiger partial charge in [0.05, 0.1) is 5.52 Å². The summed E-state index contributed by atoms with van der Waals surface area (Å²) in [4.78, 5) is 19.4. The highest BCUT2D eigenvalue weighted by molar-refractivity contribution is 5.83. The molecule has 4 rings (SSSR count). The topological polar surface area (TPSA) is 36.1 Å². The van der Waals surface area contributed by atoms with Crippen molar-refractivity contribution >= 4 is 10.9 Å². The first-order valence-corrected chi connectivity index (χ1v) is 9.94. The minimum absolute atomic E-state index is 0.222. The molecule has 1 aliphatic heterocycles. The van der Waals surface area contributed by atoms with Crippen LogP contribution in [0.2, 0.25) is 0 Å². The van der Waals surface area contributed by atoms with Crippen molar-refractivity contribution in [2.24, 2.45) is 10.8 Å². The molecule has 0 spiro atoms. The Bertz CT molecular complexity index is 939. The third-order valence-corrected chi connectivity index (χ3v) is 6.64. The molecule has 0 unspecified atom stereocenters. The molecule has 2 heterocycles. The van der Waals surface area contributed by atoms with E-state index < -0.39 is 0 Å².